The summed E-state index contributed by atoms with van der Waals surface area (Å²) in [5, 5.41) is 13.5. The molecular weight excluding hydrogens is 338 g/mol. The van der Waals surface area contributed by atoms with Gasteiger partial charge in [-0.15, -0.1) is 10.2 Å². The Labute approximate surface area is 158 Å². The average molecular weight is 361 g/mol. The zero-order valence-corrected chi connectivity index (χ0v) is 15.4. The number of aromatic nitrogens is 3. The molecule has 0 spiro atoms. The van der Waals surface area contributed by atoms with Gasteiger partial charge in [0.15, 0.2) is 11.5 Å². The van der Waals surface area contributed by atoms with Gasteiger partial charge in [0, 0.05) is 29.6 Å². The molecule has 1 aromatic carbocycles. The molecule has 2 aromatic heterocycles. The topological polar surface area (TPSA) is 71.0 Å². The molecule has 1 amide bonds. The summed E-state index contributed by atoms with van der Waals surface area (Å²) in [6.45, 7) is 3.56. The van der Waals surface area contributed by atoms with E-state index in [-0.39, 0.29) is 5.91 Å². The highest BCUT2D eigenvalue weighted by Gasteiger charge is 2.24. The number of pyridine rings is 1. The molecule has 1 saturated heterocycles. The number of amides is 1. The Morgan fingerprint density at radius 1 is 1.11 bits per heavy atom. The van der Waals surface area contributed by atoms with Crippen LogP contribution >= 0.6 is 0 Å². The lowest BCUT2D eigenvalue weighted by molar-refractivity contribution is 0.0946. The smallest absolute Gasteiger partial charge is 0.272 e. The quantitative estimate of drug-likeness (QED) is 0.772. The second-order valence-electron chi connectivity index (χ2n) is 6.96. The summed E-state index contributed by atoms with van der Waals surface area (Å²) >= 11 is 0. The van der Waals surface area contributed by atoms with Gasteiger partial charge in [0.2, 0.25) is 0 Å². The number of hydrogen-bond donors (Lipinski definition) is 1. The minimum atomic E-state index is -0.234. The van der Waals surface area contributed by atoms with Crippen molar-refractivity contribution in [1.29, 1.82) is 0 Å². The molecule has 27 heavy (non-hydrogen) atoms. The second-order valence-corrected chi connectivity index (χ2v) is 6.96. The average Bonchev–Trinajstić information content (AvgIpc) is 2.72. The largest absolute Gasteiger partial charge is 0.352 e. The third-order valence-electron chi connectivity index (χ3n) is 5.11. The van der Waals surface area contributed by atoms with E-state index in [0.717, 1.165) is 41.7 Å². The monoisotopic (exact) mass is 361 g/mol. The first-order valence-corrected chi connectivity index (χ1v) is 9.44. The van der Waals surface area contributed by atoms with Gasteiger partial charge in [0.1, 0.15) is 0 Å². The molecule has 1 unspecified atom stereocenters. The number of hydrogen-bond acceptors (Lipinski definition) is 5. The van der Waals surface area contributed by atoms with Crippen LogP contribution in [0.3, 0.4) is 0 Å². The zero-order valence-electron chi connectivity index (χ0n) is 15.4. The van der Waals surface area contributed by atoms with E-state index in [9.17, 15) is 4.79 Å². The summed E-state index contributed by atoms with van der Waals surface area (Å²) in [4.78, 5) is 19.3. The van der Waals surface area contributed by atoms with E-state index in [1.54, 1.807) is 6.20 Å². The first kappa shape index (κ1) is 17.4. The standard InChI is InChI=1S/C21H23N5O/c1-15-8-5-7-13-26(15)20-18-11-3-2-10-17(18)19(24-25-20)21(27)23-14-16-9-4-6-12-22-16/h2-4,6,9-12,15H,5,7-8,13-14H2,1H3,(H,23,27). The van der Waals surface area contributed by atoms with E-state index in [4.69, 9.17) is 0 Å². The number of piperidine rings is 1. The molecular formula is C21H23N5O. The lowest BCUT2D eigenvalue weighted by Gasteiger charge is -2.34. The van der Waals surface area contributed by atoms with Gasteiger partial charge in [0.05, 0.1) is 12.2 Å². The minimum absolute atomic E-state index is 0.234. The summed E-state index contributed by atoms with van der Waals surface area (Å²) in [6.07, 6.45) is 5.28. The molecule has 0 aliphatic carbocycles. The second kappa shape index (κ2) is 7.70. The van der Waals surface area contributed by atoms with Crippen LogP contribution in [0.5, 0.6) is 0 Å². The van der Waals surface area contributed by atoms with Crippen molar-refractivity contribution in [3.63, 3.8) is 0 Å². The fourth-order valence-electron chi connectivity index (χ4n) is 3.64. The highest BCUT2D eigenvalue weighted by atomic mass is 16.1. The fourth-order valence-corrected chi connectivity index (χ4v) is 3.64. The van der Waals surface area contributed by atoms with Crippen LogP contribution in [0.25, 0.3) is 10.8 Å². The van der Waals surface area contributed by atoms with Gasteiger partial charge in [0.25, 0.3) is 5.91 Å². The lowest BCUT2D eigenvalue weighted by atomic mass is 10.0. The van der Waals surface area contributed by atoms with Gasteiger partial charge in [-0.25, -0.2) is 0 Å². The Balaban J connectivity index is 1.64. The third kappa shape index (κ3) is 3.60. The van der Waals surface area contributed by atoms with Crippen molar-refractivity contribution in [2.24, 2.45) is 0 Å². The zero-order chi connectivity index (χ0) is 18.6. The van der Waals surface area contributed by atoms with Gasteiger partial charge in [-0.2, -0.15) is 0 Å². The highest BCUT2D eigenvalue weighted by molar-refractivity contribution is 6.07. The lowest BCUT2D eigenvalue weighted by Crippen LogP contribution is -2.38. The summed E-state index contributed by atoms with van der Waals surface area (Å²) in [5.41, 5.74) is 1.16. The van der Waals surface area contributed by atoms with Crippen LogP contribution in [0, 0.1) is 0 Å². The van der Waals surface area contributed by atoms with E-state index in [2.05, 4.69) is 32.3 Å². The number of nitrogens with zero attached hydrogens (tertiary/aromatic N) is 4. The van der Waals surface area contributed by atoms with Crippen molar-refractivity contribution < 1.29 is 4.79 Å². The maximum absolute atomic E-state index is 12.7. The molecule has 1 atom stereocenters. The molecule has 0 saturated carbocycles. The van der Waals surface area contributed by atoms with Crippen molar-refractivity contribution in [3.05, 3.63) is 60.0 Å². The van der Waals surface area contributed by atoms with Crippen LogP contribution < -0.4 is 10.2 Å². The number of carbonyl (C=O) groups is 1. The SMILES string of the molecule is CC1CCCCN1c1nnc(C(=O)NCc2ccccn2)c2ccccc12. The molecule has 0 bridgehead atoms. The number of rotatable bonds is 4. The third-order valence-corrected chi connectivity index (χ3v) is 5.11. The predicted molar refractivity (Wildman–Crippen MR) is 106 cm³/mol. The Kier molecular flexibility index (Phi) is 4.96. The Morgan fingerprint density at radius 2 is 1.93 bits per heavy atom. The molecule has 3 aromatic rings. The number of benzene rings is 1. The highest BCUT2D eigenvalue weighted by Crippen LogP contribution is 2.30. The van der Waals surface area contributed by atoms with Gasteiger partial charge in [-0.3, -0.25) is 9.78 Å². The Bertz CT molecular complexity index is 944. The first-order chi connectivity index (χ1) is 13.2. The molecule has 1 aliphatic heterocycles. The van der Waals surface area contributed by atoms with Gasteiger partial charge < -0.3 is 10.2 Å². The van der Waals surface area contributed by atoms with Crippen molar-refractivity contribution in [1.82, 2.24) is 20.5 Å². The maximum Gasteiger partial charge on any atom is 0.272 e. The molecule has 1 aliphatic rings. The van der Waals surface area contributed by atoms with Crippen LogP contribution in [-0.2, 0) is 6.54 Å². The van der Waals surface area contributed by atoms with Crippen molar-refractivity contribution >= 4 is 22.5 Å². The Morgan fingerprint density at radius 3 is 2.70 bits per heavy atom. The van der Waals surface area contributed by atoms with Crippen LogP contribution in [0.1, 0.15) is 42.4 Å². The maximum atomic E-state index is 12.7. The van der Waals surface area contributed by atoms with Crippen molar-refractivity contribution in [2.45, 2.75) is 38.8 Å². The molecule has 3 heterocycles. The van der Waals surface area contributed by atoms with E-state index in [0.29, 0.717) is 18.3 Å². The van der Waals surface area contributed by atoms with Crippen LogP contribution in [0.4, 0.5) is 5.82 Å². The number of anilines is 1. The van der Waals surface area contributed by atoms with E-state index < -0.39 is 0 Å². The van der Waals surface area contributed by atoms with Gasteiger partial charge in [-0.1, -0.05) is 30.3 Å². The molecule has 6 heteroatoms. The van der Waals surface area contributed by atoms with Crippen LogP contribution in [0.2, 0.25) is 0 Å². The molecule has 6 nitrogen and oxygen atoms in total. The summed E-state index contributed by atoms with van der Waals surface area (Å²) in [6, 6.07) is 13.9. The summed E-state index contributed by atoms with van der Waals surface area (Å²) < 4.78 is 0. The predicted octanol–water partition coefficient (Wildman–Crippen LogP) is 3.33. The normalized spacial score (nSPS) is 17.1. The number of nitrogens with one attached hydrogen (secondary N) is 1. The van der Waals surface area contributed by atoms with E-state index >= 15 is 0 Å². The van der Waals surface area contributed by atoms with E-state index in [1.165, 1.54) is 6.42 Å². The Hall–Kier alpha value is -3.02. The molecule has 138 valence electrons. The van der Waals surface area contributed by atoms with Crippen molar-refractivity contribution in [3.8, 4) is 0 Å². The molecule has 1 fully saturated rings. The first-order valence-electron chi connectivity index (χ1n) is 9.44. The van der Waals surface area contributed by atoms with Gasteiger partial charge >= 0.3 is 0 Å². The van der Waals surface area contributed by atoms with E-state index in [1.807, 2.05) is 42.5 Å². The summed E-state index contributed by atoms with van der Waals surface area (Å²) in [7, 11) is 0. The molecule has 1 N–H and O–H groups in total. The summed E-state index contributed by atoms with van der Waals surface area (Å²) in [5.74, 6) is 0.640. The van der Waals surface area contributed by atoms with Crippen molar-refractivity contribution in [2.75, 3.05) is 11.4 Å². The minimum Gasteiger partial charge on any atom is -0.352 e. The van der Waals surface area contributed by atoms with Crippen LogP contribution in [0.15, 0.2) is 48.7 Å². The molecule has 4 rings (SSSR count). The van der Waals surface area contributed by atoms with Gasteiger partial charge in [-0.05, 0) is 38.3 Å². The number of carbonyl (C=O) groups excluding carboxylic acids is 1. The molecule has 0 radical (unpaired) electrons. The number of fused-ring (bicyclic) bond motifs is 1. The fraction of sp³-hybridized carbons (Fsp3) is 0.333. The van der Waals surface area contributed by atoms with Crippen LogP contribution in [-0.4, -0.2) is 33.7 Å².